The van der Waals surface area contributed by atoms with Gasteiger partial charge in [0.05, 0.1) is 11.1 Å². The van der Waals surface area contributed by atoms with Crippen LogP contribution in [-0.2, 0) is 0 Å². The molecule has 0 saturated heterocycles. The van der Waals surface area contributed by atoms with E-state index in [1.165, 1.54) is 33.0 Å². The Bertz CT molecular complexity index is 2810. The summed E-state index contributed by atoms with van der Waals surface area (Å²) in [6.45, 7) is 0. The van der Waals surface area contributed by atoms with Crippen LogP contribution in [0.2, 0.25) is 0 Å². The van der Waals surface area contributed by atoms with Crippen molar-refractivity contribution in [1.82, 2.24) is 0 Å². The Morgan fingerprint density at radius 2 is 0.918 bits per heavy atom. The van der Waals surface area contributed by atoms with Gasteiger partial charge in [-0.15, -0.1) is 0 Å². The van der Waals surface area contributed by atoms with Crippen LogP contribution in [0.3, 0.4) is 0 Å². The van der Waals surface area contributed by atoms with Gasteiger partial charge in [-0.3, -0.25) is 0 Å². The van der Waals surface area contributed by atoms with E-state index in [0.29, 0.717) is 0 Å². The van der Waals surface area contributed by atoms with Crippen LogP contribution in [0.1, 0.15) is 0 Å². The largest absolute Gasteiger partial charge is 0.456 e. The lowest BCUT2D eigenvalue weighted by molar-refractivity contribution is 0.668. The minimum absolute atomic E-state index is 0.860. The smallest absolute Gasteiger partial charge is 0.137 e. The molecule has 230 valence electrons. The summed E-state index contributed by atoms with van der Waals surface area (Å²) in [6.07, 6.45) is 0. The number of anilines is 3. The molecule has 49 heavy (non-hydrogen) atoms. The third-order valence-electron chi connectivity index (χ3n) is 9.66. The minimum Gasteiger partial charge on any atom is -0.456 e. The van der Waals surface area contributed by atoms with Gasteiger partial charge in [0, 0.05) is 27.5 Å². The van der Waals surface area contributed by atoms with Crippen LogP contribution >= 0.6 is 0 Å². The van der Waals surface area contributed by atoms with Crippen LogP contribution < -0.4 is 4.90 Å². The summed E-state index contributed by atoms with van der Waals surface area (Å²) >= 11 is 0. The van der Waals surface area contributed by atoms with Gasteiger partial charge in [0.1, 0.15) is 22.3 Å². The van der Waals surface area contributed by atoms with Gasteiger partial charge in [0.15, 0.2) is 0 Å². The van der Waals surface area contributed by atoms with E-state index < -0.39 is 0 Å². The lowest BCUT2D eigenvalue weighted by Gasteiger charge is -2.26. The van der Waals surface area contributed by atoms with Gasteiger partial charge in [0.25, 0.3) is 0 Å². The molecule has 0 saturated carbocycles. The SMILES string of the molecule is c1ccc(-c2ccc(N(c3ccc4oc5cc(-c6ccccc6)c6ccccc6c5c4c3)c3cccc4oc5ccccc5c34)cc2)cc1. The Labute approximate surface area is 282 Å². The number of fused-ring (bicyclic) bond motifs is 8. The fraction of sp³-hybridized carbons (Fsp3) is 0. The van der Waals surface area contributed by atoms with E-state index in [9.17, 15) is 0 Å². The maximum atomic E-state index is 6.62. The fourth-order valence-electron chi connectivity index (χ4n) is 7.43. The maximum Gasteiger partial charge on any atom is 0.137 e. The van der Waals surface area contributed by atoms with Gasteiger partial charge in [0.2, 0.25) is 0 Å². The molecule has 10 rings (SSSR count). The molecule has 0 N–H and O–H groups in total. The number of para-hydroxylation sites is 1. The van der Waals surface area contributed by atoms with E-state index >= 15 is 0 Å². The predicted molar refractivity (Wildman–Crippen MR) is 204 cm³/mol. The highest BCUT2D eigenvalue weighted by Crippen LogP contribution is 2.46. The summed E-state index contributed by atoms with van der Waals surface area (Å²) in [7, 11) is 0. The highest BCUT2D eigenvalue weighted by atomic mass is 16.3. The second kappa shape index (κ2) is 11.0. The number of furan rings is 2. The predicted octanol–water partition coefficient (Wildman–Crippen LogP) is 13.4. The summed E-state index contributed by atoms with van der Waals surface area (Å²) in [5, 5.41) is 6.76. The highest BCUT2D eigenvalue weighted by Gasteiger charge is 2.21. The van der Waals surface area contributed by atoms with E-state index in [1.54, 1.807) is 0 Å². The maximum absolute atomic E-state index is 6.62. The second-order valence-corrected chi connectivity index (χ2v) is 12.5. The molecule has 2 aromatic heterocycles. The Hall–Kier alpha value is -6.58. The first-order valence-electron chi connectivity index (χ1n) is 16.6. The number of nitrogens with zero attached hydrogens (tertiary/aromatic N) is 1. The van der Waals surface area contributed by atoms with Crippen LogP contribution in [-0.4, -0.2) is 0 Å². The Kier molecular flexibility index (Phi) is 6.18. The summed E-state index contributed by atoms with van der Waals surface area (Å²) < 4.78 is 13.0. The van der Waals surface area contributed by atoms with Gasteiger partial charge in [-0.25, -0.2) is 0 Å². The monoisotopic (exact) mass is 627 g/mol. The highest BCUT2D eigenvalue weighted by molar-refractivity contribution is 6.23. The number of hydrogen-bond donors (Lipinski definition) is 0. The van der Waals surface area contributed by atoms with Crippen molar-refractivity contribution in [2.75, 3.05) is 4.90 Å². The molecule has 0 aliphatic rings. The average molecular weight is 628 g/mol. The summed E-state index contributed by atoms with van der Waals surface area (Å²) in [5.74, 6) is 0. The van der Waals surface area contributed by atoms with Crippen LogP contribution in [0.25, 0.3) is 76.9 Å². The molecule has 0 unspecified atom stereocenters. The quantitative estimate of drug-likeness (QED) is 0.190. The molecule has 0 radical (unpaired) electrons. The molecule has 8 aromatic carbocycles. The first-order valence-corrected chi connectivity index (χ1v) is 16.6. The first kappa shape index (κ1) is 27.5. The molecule has 0 aliphatic heterocycles. The summed E-state index contributed by atoms with van der Waals surface area (Å²) in [6, 6.07) is 61.9. The topological polar surface area (TPSA) is 29.5 Å². The van der Waals surface area contributed by atoms with E-state index in [1.807, 2.05) is 12.1 Å². The Morgan fingerprint density at radius 1 is 0.327 bits per heavy atom. The van der Waals surface area contributed by atoms with Crippen LogP contribution in [0, 0.1) is 0 Å². The second-order valence-electron chi connectivity index (χ2n) is 12.5. The molecule has 0 bridgehead atoms. The van der Waals surface area contributed by atoms with Gasteiger partial charge in [-0.05, 0) is 87.6 Å². The van der Waals surface area contributed by atoms with Crippen molar-refractivity contribution >= 4 is 71.7 Å². The van der Waals surface area contributed by atoms with Crippen molar-refractivity contribution in [3.05, 3.63) is 176 Å². The fourth-order valence-corrected chi connectivity index (χ4v) is 7.43. The summed E-state index contributed by atoms with van der Waals surface area (Å²) in [4.78, 5) is 2.35. The van der Waals surface area contributed by atoms with Crippen molar-refractivity contribution in [3.8, 4) is 22.3 Å². The molecule has 3 nitrogen and oxygen atoms in total. The molecule has 10 aromatic rings. The van der Waals surface area contributed by atoms with Crippen LogP contribution in [0.4, 0.5) is 17.1 Å². The van der Waals surface area contributed by atoms with Crippen molar-refractivity contribution in [2.24, 2.45) is 0 Å². The third kappa shape index (κ3) is 4.44. The molecule has 0 spiro atoms. The van der Waals surface area contributed by atoms with Gasteiger partial charge >= 0.3 is 0 Å². The lowest BCUT2D eigenvalue weighted by Crippen LogP contribution is -2.10. The molecular weight excluding hydrogens is 599 g/mol. The van der Waals surface area contributed by atoms with Gasteiger partial charge in [-0.2, -0.15) is 0 Å². The Morgan fingerprint density at radius 3 is 1.71 bits per heavy atom. The average Bonchev–Trinajstić information content (AvgIpc) is 3.74. The minimum atomic E-state index is 0.860. The number of hydrogen-bond acceptors (Lipinski definition) is 3. The number of benzene rings is 8. The van der Waals surface area contributed by atoms with Gasteiger partial charge < -0.3 is 13.7 Å². The molecular formula is C46H29NO2. The van der Waals surface area contributed by atoms with Crippen molar-refractivity contribution < 1.29 is 8.83 Å². The molecule has 2 heterocycles. The molecule has 0 fully saturated rings. The zero-order valence-electron chi connectivity index (χ0n) is 26.5. The Balaban J connectivity index is 1.23. The summed E-state index contributed by atoms with van der Waals surface area (Å²) in [5.41, 5.74) is 11.3. The molecule has 0 atom stereocenters. The third-order valence-corrected chi connectivity index (χ3v) is 9.66. The number of rotatable bonds is 5. The van der Waals surface area contributed by atoms with Crippen molar-refractivity contribution in [2.45, 2.75) is 0 Å². The molecule has 0 aliphatic carbocycles. The zero-order chi connectivity index (χ0) is 32.3. The molecule has 0 amide bonds. The van der Waals surface area contributed by atoms with Crippen LogP contribution in [0.5, 0.6) is 0 Å². The van der Waals surface area contributed by atoms with E-state index in [0.717, 1.165) is 60.9 Å². The van der Waals surface area contributed by atoms with Gasteiger partial charge in [-0.1, -0.05) is 121 Å². The molecule has 3 heteroatoms. The van der Waals surface area contributed by atoms with Crippen molar-refractivity contribution in [1.29, 1.82) is 0 Å². The lowest BCUT2D eigenvalue weighted by atomic mass is 9.95. The normalized spacial score (nSPS) is 11.7. The van der Waals surface area contributed by atoms with Crippen LogP contribution in [0.15, 0.2) is 185 Å². The van der Waals surface area contributed by atoms with E-state index in [2.05, 4.69) is 169 Å². The first-order chi connectivity index (χ1) is 24.3. The van der Waals surface area contributed by atoms with E-state index in [4.69, 9.17) is 8.83 Å². The standard InChI is InChI=1S/C46H29NO2/c1-3-12-30(13-4-1)31-22-24-33(25-23-31)47(40-19-11-21-43-46(40)37-18-9-10-20-41(37)48-43)34-26-27-42-39(28-34)45-36-17-8-7-16-35(36)38(29-44(45)49-42)32-14-5-2-6-15-32/h1-29H. The zero-order valence-corrected chi connectivity index (χ0v) is 26.5. The van der Waals surface area contributed by atoms with Crippen molar-refractivity contribution in [3.63, 3.8) is 0 Å². The van der Waals surface area contributed by atoms with E-state index in [-0.39, 0.29) is 0 Å².